The van der Waals surface area contributed by atoms with Gasteiger partial charge in [0.25, 0.3) is 0 Å². The van der Waals surface area contributed by atoms with E-state index in [0.29, 0.717) is 17.5 Å². The molecule has 0 aliphatic carbocycles. The predicted octanol–water partition coefficient (Wildman–Crippen LogP) is 8.02. The molecule has 172 valence electrons. The van der Waals surface area contributed by atoms with Crippen LogP contribution in [0.15, 0.2) is 121 Å². The van der Waals surface area contributed by atoms with Gasteiger partial charge in [-0.05, 0) is 18.2 Å². The summed E-state index contributed by atoms with van der Waals surface area (Å²) in [6.07, 6.45) is 0. The summed E-state index contributed by atoms with van der Waals surface area (Å²) in [6.45, 7) is 0. The highest BCUT2D eigenvalue weighted by Gasteiger charge is 2.22. The fourth-order valence-electron chi connectivity index (χ4n) is 5.58. The molecule has 0 spiro atoms. The molecule has 3 heterocycles. The molecule has 5 aromatic carbocycles. The zero-order chi connectivity index (χ0) is 24.3. The van der Waals surface area contributed by atoms with Gasteiger partial charge in [0.05, 0.1) is 16.6 Å². The van der Waals surface area contributed by atoms with Crippen molar-refractivity contribution in [3.63, 3.8) is 0 Å². The van der Waals surface area contributed by atoms with Crippen LogP contribution in [0, 0.1) is 0 Å². The summed E-state index contributed by atoms with van der Waals surface area (Å²) in [5.74, 6) is 2.02. The van der Waals surface area contributed by atoms with Crippen LogP contribution in [-0.2, 0) is 0 Å². The molecule has 0 saturated heterocycles. The maximum Gasteiger partial charge on any atom is 0.164 e. The minimum absolute atomic E-state index is 0.670. The van der Waals surface area contributed by atoms with E-state index >= 15 is 0 Å². The van der Waals surface area contributed by atoms with Gasteiger partial charge >= 0.3 is 0 Å². The first-order valence-corrected chi connectivity index (χ1v) is 12.4. The average molecular weight is 473 g/mol. The minimum Gasteiger partial charge on any atom is -0.308 e. The molecule has 0 fully saturated rings. The van der Waals surface area contributed by atoms with Crippen molar-refractivity contribution in [3.05, 3.63) is 121 Å². The molecule has 0 bridgehead atoms. The lowest BCUT2D eigenvalue weighted by Gasteiger charge is -2.09. The fourth-order valence-corrected chi connectivity index (χ4v) is 5.58. The Bertz CT molecular complexity index is 2020. The second-order valence-corrected chi connectivity index (χ2v) is 9.29. The van der Waals surface area contributed by atoms with Crippen LogP contribution in [0.25, 0.3) is 72.3 Å². The van der Waals surface area contributed by atoms with Crippen molar-refractivity contribution in [2.75, 3.05) is 0 Å². The predicted molar refractivity (Wildman–Crippen MR) is 151 cm³/mol. The largest absolute Gasteiger partial charge is 0.308 e. The lowest BCUT2D eigenvalue weighted by molar-refractivity contribution is 1.08. The summed E-state index contributed by atoms with van der Waals surface area (Å²) in [6, 6.07) is 41.9. The van der Waals surface area contributed by atoms with Gasteiger partial charge in [-0.15, -0.1) is 0 Å². The fraction of sp³-hybridized carbons (Fsp3) is 0. The van der Waals surface area contributed by atoms with Crippen LogP contribution in [0.1, 0.15) is 0 Å². The second kappa shape index (κ2) is 7.70. The van der Waals surface area contributed by atoms with Gasteiger partial charge in [-0.2, -0.15) is 0 Å². The van der Waals surface area contributed by atoms with E-state index in [4.69, 9.17) is 15.0 Å². The summed E-state index contributed by atoms with van der Waals surface area (Å²) in [7, 11) is 0. The quantitative estimate of drug-likeness (QED) is 0.261. The minimum atomic E-state index is 0.670. The van der Waals surface area contributed by atoms with Gasteiger partial charge in [0, 0.05) is 38.2 Å². The van der Waals surface area contributed by atoms with Crippen molar-refractivity contribution in [2.45, 2.75) is 0 Å². The number of nitrogens with zero attached hydrogens (tertiary/aromatic N) is 4. The first kappa shape index (κ1) is 20.1. The first-order chi connectivity index (χ1) is 18.4. The van der Waals surface area contributed by atoms with Crippen molar-refractivity contribution in [3.8, 4) is 34.2 Å². The Balaban J connectivity index is 1.50. The van der Waals surface area contributed by atoms with Crippen LogP contribution < -0.4 is 0 Å². The van der Waals surface area contributed by atoms with Crippen molar-refractivity contribution >= 4 is 38.1 Å². The SMILES string of the molecule is c1ccc(-c2nc(-c3ccccc3)nc(-c3ccc4c5ccccc5n5c6ccccc6c3c45)n2)cc1. The van der Waals surface area contributed by atoms with Gasteiger partial charge in [-0.25, -0.2) is 15.0 Å². The van der Waals surface area contributed by atoms with Crippen LogP contribution in [0.3, 0.4) is 0 Å². The van der Waals surface area contributed by atoms with E-state index in [0.717, 1.165) is 16.7 Å². The number of hydrogen-bond acceptors (Lipinski definition) is 3. The third-order valence-electron chi connectivity index (χ3n) is 7.19. The lowest BCUT2D eigenvalue weighted by Crippen LogP contribution is -2.00. The first-order valence-electron chi connectivity index (χ1n) is 12.4. The second-order valence-electron chi connectivity index (χ2n) is 9.29. The summed E-state index contributed by atoms with van der Waals surface area (Å²) in [5, 5.41) is 4.87. The van der Waals surface area contributed by atoms with E-state index in [9.17, 15) is 0 Å². The van der Waals surface area contributed by atoms with Gasteiger partial charge in [0.1, 0.15) is 0 Å². The van der Waals surface area contributed by atoms with Crippen molar-refractivity contribution in [2.24, 2.45) is 0 Å². The Hall–Kier alpha value is -5.09. The summed E-state index contributed by atoms with van der Waals surface area (Å²) in [5.41, 5.74) is 6.56. The molecule has 3 aromatic heterocycles. The Labute approximate surface area is 212 Å². The van der Waals surface area contributed by atoms with E-state index < -0.39 is 0 Å². The monoisotopic (exact) mass is 472 g/mol. The van der Waals surface area contributed by atoms with Crippen molar-refractivity contribution in [1.29, 1.82) is 0 Å². The van der Waals surface area contributed by atoms with Gasteiger partial charge in [0.2, 0.25) is 0 Å². The molecule has 0 radical (unpaired) electrons. The normalized spacial score (nSPS) is 11.8. The highest BCUT2D eigenvalue weighted by atomic mass is 15.0. The van der Waals surface area contributed by atoms with Gasteiger partial charge in [0.15, 0.2) is 17.5 Å². The molecule has 4 nitrogen and oxygen atoms in total. The van der Waals surface area contributed by atoms with Crippen LogP contribution in [0.4, 0.5) is 0 Å². The van der Waals surface area contributed by atoms with E-state index in [2.05, 4.69) is 65.1 Å². The topological polar surface area (TPSA) is 43.1 Å². The average Bonchev–Trinajstić information content (AvgIpc) is 3.50. The van der Waals surface area contributed by atoms with E-state index in [1.54, 1.807) is 0 Å². The highest BCUT2D eigenvalue weighted by molar-refractivity contribution is 6.26. The van der Waals surface area contributed by atoms with Crippen molar-refractivity contribution < 1.29 is 0 Å². The molecule has 0 unspecified atom stereocenters. The number of para-hydroxylation sites is 2. The van der Waals surface area contributed by atoms with Gasteiger partial charge in [-0.3, -0.25) is 0 Å². The number of fused-ring (bicyclic) bond motifs is 6. The maximum atomic E-state index is 5.03. The summed E-state index contributed by atoms with van der Waals surface area (Å²) in [4.78, 5) is 14.9. The molecule has 0 saturated carbocycles. The number of benzene rings is 5. The molecule has 37 heavy (non-hydrogen) atoms. The molecule has 0 aliphatic rings. The Morgan fingerprint density at radius 2 is 0.919 bits per heavy atom. The van der Waals surface area contributed by atoms with Crippen molar-refractivity contribution in [1.82, 2.24) is 19.4 Å². The van der Waals surface area contributed by atoms with Gasteiger partial charge < -0.3 is 4.40 Å². The molecule has 4 heteroatoms. The number of hydrogen-bond donors (Lipinski definition) is 0. The maximum absolute atomic E-state index is 5.03. The Morgan fingerprint density at radius 1 is 0.405 bits per heavy atom. The molecular formula is C33H20N4. The van der Waals surface area contributed by atoms with E-state index in [1.165, 1.54) is 38.1 Å². The third kappa shape index (κ3) is 2.93. The zero-order valence-electron chi connectivity index (χ0n) is 19.8. The van der Waals surface area contributed by atoms with Crippen LogP contribution in [-0.4, -0.2) is 19.4 Å². The molecular weight excluding hydrogens is 452 g/mol. The summed E-state index contributed by atoms with van der Waals surface area (Å²) < 4.78 is 2.39. The van der Waals surface area contributed by atoms with Crippen LogP contribution in [0.2, 0.25) is 0 Å². The van der Waals surface area contributed by atoms with Crippen LogP contribution >= 0.6 is 0 Å². The Morgan fingerprint density at radius 3 is 1.57 bits per heavy atom. The van der Waals surface area contributed by atoms with Gasteiger partial charge in [-0.1, -0.05) is 103 Å². The highest BCUT2D eigenvalue weighted by Crippen LogP contribution is 2.43. The number of rotatable bonds is 3. The molecule has 0 atom stereocenters. The number of aromatic nitrogens is 4. The smallest absolute Gasteiger partial charge is 0.164 e. The van der Waals surface area contributed by atoms with E-state index in [1.807, 2.05) is 60.7 Å². The third-order valence-corrected chi connectivity index (χ3v) is 7.19. The molecule has 8 aromatic rings. The standard InChI is InChI=1S/C33H20N4/c1-3-11-21(12-4-1)31-34-32(22-13-5-2-6-14-22)36-33(35-31)26-20-19-24-23-15-7-9-17-27(23)37-28-18-10-8-16-25(28)29(26)30(24)37/h1-20H. The molecule has 0 N–H and O–H groups in total. The van der Waals surface area contributed by atoms with Crippen LogP contribution in [0.5, 0.6) is 0 Å². The molecule has 8 rings (SSSR count). The zero-order valence-corrected chi connectivity index (χ0v) is 19.8. The molecule has 0 aliphatic heterocycles. The molecule has 0 amide bonds. The lowest BCUT2D eigenvalue weighted by atomic mass is 10.0. The van der Waals surface area contributed by atoms with E-state index in [-0.39, 0.29) is 0 Å². The Kier molecular flexibility index (Phi) is 4.19. The summed E-state index contributed by atoms with van der Waals surface area (Å²) >= 11 is 0.